The molecule has 0 aliphatic rings. The Kier molecular flexibility index (Phi) is 1.69. The molecule has 0 aliphatic heterocycles. The molecule has 0 bridgehead atoms. The molecule has 2 heterocycles. The van der Waals surface area contributed by atoms with Crippen LogP contribution in [0.4, 0.5) is 0 Å². The summed E-state index contributed by atoms with van der Waals surface area (Å²) in [5, 5.41) is 0. The van der Waals surface area contributed by atoms with Crippen LogP contribution in [0, 0.1) is 13.8 Å². The second-order valence-corrected chi connectivity index (χ2v) is 4.91. The molecular weight excluding hydrogens is 210 g/mol. The molecule has 0 amide bonds. The maximum atomic E-state index is 4.33. The van der Waals surface area contributed by atoms with Gasteiger partial charge in [0.15, 0.2) is 0 Å². The molecule has 0 N–H and O–H groups in total. The standard InChI is InChI=1S/C7H7N4.Ga.2H/c1-4-6-7(9-3-8-6)11-5(2)10-4;;;/h3H,1-2H3;;;/q-1;+1;;. The Morgan fingerprint density at radius 1 is 1.33 bits per heavy atom. The van der Waals surface area contributed by atoms with Crippen molar-refractivity contribution in [3.05, 3.63) is 17.8 Å². The number of hydrogen-bond donors (Lipinski definition) is 0. The summed E-state index contributed by atoms with van der Waals surface area (Å²) in [6.45, 7) is 3.88. The van der Waals surface area contributed by atoms with Gasteiger partial charge in [-0.3, -0.25) is 0 Å². The first-order valence-corrected chi connectivity index (χ1v) is 5.68. The van der Waals surface area contributed by atoms with Crippen LogP contribution in [0.2, 0.25) is 0 Å². The van der Waals surface area contributed by atoms with Crippen molar-refractivity contribution in [3.63, 3.8) is 0 Å². The van der Waals surface area contributed by atoms with Gasteiger partial charge in [0.25, 0.3) is 0 Å². The number of fused-ring (bicyclic) bond motifs is 1. The van der Waals surface area contributed by atoms with Crippen molar-refractivity contribution in [2.75, 3.05) is 0 Å². The summed E-state index contributed by atoms with van der Waals surface area (Å²) >= 11 is 0.564. The SMILES string of the molecule is Cc1nc(C)c2nc[n]([GaH2])c2n1. The zero-order chi connectivity index (χ0) is 8.72. The fraction of sp³-hybridized carbons (Fsp3) is 0.286. The molecule has 0 unspecified atom stereocenters. The van der Waals surface area contributed by atoms with Crippen LogP contribution in [0.25, 0.3) is 11.2 Å². The predicted octanol–water partition coefficient (Wildman–Crippen LogP) is -0.161. The molecule has 60 valence electrons. The Balaban J connectivity index is 2.92. The van der Waals surface area contributed by atoms with E-state index in [2.05, 4.69) is 18.2 Å². The van der Waals surface area contributed by atoms with E-state index >= 15 is 0 Å². The van der Waals surface area contributed by atoms with Crippen molar-refractivity contribution in [2.24, 2.45) is 0 Å². The van der Waals surface area contributed by atoms with Gasteiger partial charge in [-0.05, 0) is 0 Å². The summed E-state index contributed by atoms with van der Waals surface area (Å²) in [7, 11) is 0. The van der Waals surface area contributed by atoms with Gasteiger partial charge in [0.2, 0.25) is 0 Å². The topological polar surface area (TPSA) is 43.6 Å². The molecule has 0 radical (unpaired) electrons. The van der Waals surface area contributed by atoms with Crippen molar-refractivity contribution < 1.29 is 0 Å². The minimum atomic E-state index is 0.564. The first-order chi connectivity index (χ1) is 5.68. The van der Waals surface area contributed by atoms with Crippen molar-refractivity contribution in [1.82, 2.24) is 18.2 Å². The average Bonchev–Trinajstić information content (AvgIpc) is 2.33. The van der Waals surface area contributed by atoms with E-state index in [0.29, 0.717) is 18.8 Å². The van der Waals surface area contributed by atoms with Crippen molar-refractivity contribution in [1.29, 1.82) is 0 Å². The minimum absolute atomic E-state index is 0.564. The molecule has 5 heteroatoms. The second-order valence-electron chi connectivity index (χ2n) is 2.88. The van der Waals surface area contributed by atoms with E-state index in [-0.39, 0.29) is 0 Å². The predicted molar refractivity (Wildman–Crippen MR) is 48.7 cm³/mol. The van der Waals surface area contributed by atoms with Gasteiger partial charge >= 0.3 is 79.9 Å². The van der Waals surface area contributed by atoms with Crippen molar-refractivity contribution in [3.8, 4) is 0 Å². The van der Waals surface area contributed by atoms with Crippen LogP contribution in [0.15, 0.2) is 6.33 Å². The monoisotopic (exact) mass is 218 g/mol. The Morgan fingerprint density at radius 2 is 2.08 bits per heavy atom. The van der Waals surface area contributed by atoms with E-state index in [9.17, 15) is 0 Å². The molecule has 0 saturated heterocycles. The number of nitrogens with zero attached hydrogens (tertiary/aromatic N) is 4. The molecule has 0 saturated carbocycles. The number of aryl methyl sites for hydroxylation is 2. The molecule has 0 aromatic carbocycles. The number of hydrogen-bond acceptors (Lipinski definition) is 3. The Bertz CT molecular complexity index is 434. The van der Waals surface area contributed by atoms with E-state index in [4.69, 9.17) is 0 Å². The van der Waals surface area contributed by atoms with Gasteiger partial charge in [0.1, 0.15) is 0 Å². The van der Waals surface area contributed by atoms with Gasteiger partial charge in [0, 0.05) is 0 Å². The quantitative estimate of drug-likeness (QED) is 0.578. The van der Waals surface area contributed by atoms with Crippen molar-refractivity contribution >= 4 is 30.0 Å². The second kappa shape index (κ2) is 2.60. The molecule has 4 nitrogen and oxygen atoms in total. The molecule has 0 atom stereocenters. The molecule has 0 fully saturated rings. The van der Waals surface area contributed by atoms with E-state index < -0.39 is 0 Å². The first kappa shape index (κ1) is 7.82. The van der Waals surface area contributed by atoms with Gasteiger partial charge in [-0.1, -0.05) is 0 Å². The van der Waals surface area contributed by atoms with Gasteiger partial charge in [-0.25, -0.2) is 0 Å². The van der Waals surface area contributed by atoms with E-state index in [0.717, 1.165) is 22.7 Å². The van der Waals surface area contributed by atoms with Crippen LogP contribution < -0.4 is 0 Å². The van der Waals surface area contributed by atoms with E-state index in [1.165, 1.54) is 0 Å². The van der Waals surface area contributed by atoms with Crippen LogP contribution in [0.1, 0.15) is 11.5 Å². The zero-order valence-electron chi connectivity index (χ0n) is 7.37. The zero-order valence-corrected chi connectivity index (χ0v) is 11.6. The fourth-order valence-corrected chi connectivity index (χ4v) is 2.18. The van der Waals surface area contributed by atoms with Crippen LogP contribution in [0.5, 0.6) is 0 Å². The summed E-state index contributed by atoms with van der Waals surface area (Å²) in [4.78, 5) is 12.8. The van der Waals surface area contributed by atoms with Gasteiger partial charge < -0.3 is 0 Å². The average molecular weight is 219 g/mol. The van der Waals surface area contributed by atoms with Gasteiger partial charge in [-0.15, -0.1) is 0 Å². The number of imidazole rings is 1. The van der Waals surface area contributed by atoms with Crippen LogP contribution in [-0.2, 0) is 0 Å². The Labute approximate surface area is 80.2 Å². The maximum absolute atomic E-state index is 4.33. The third kappa shape index (κ3) is 1.05. The molecule has 0 aliphatic carbocycles. The molecule has 0 spiro atoms. The summed E-state index contributed by atoms with van der Waals surface area (Å²) < 4.78 is 2.09. The van der Waals surface area contributed by atoms with Gasteiger partial charge in [-0.2, -0.15) is 0 Å². The number of aromatic nitrogens is 4. The van der Waals surface area contributed by atoms with Crippen molar-refractivity contribution in [2.45, 2.75) is 13.8 Å². The molecule has 2 rings (SSSR count). The van der Waals surface area contributed by atoms with Crippen LogP contribution in [0.3, 0.4) is 0 Å². The third-order valence-corrected chi connectivity index (χ3v) is 3.22. The normalized spacial score (nSPS) is 10.8. The summed E-state index contributed by atoms with van der Waals surface area (Å²) in [5.74, 6) is 0.825. The van der Waals surface area contributed by atoms with E-state index in [1.807, 2.05) is 20.2 Å². The van der Waals surface area contributed by atoms with Crippen LogP contribution in [-0.4, -0.2) is 37.1 Å². The molecule has 12 heavy (non-hydrogen) atoms. The van der Waals surface area contributed by atoms with Crippen LogP contribution >= 0.6 is 0 Å². The van der Waals surface area contributed by atoms with Gasteiger partial charge in [0.05, 0.1) is 0 Å². The molecule has 2 aromatic heterocycles. The summed E-state index contributed by atoms with van der Waals surface area (Å²) in [6.07, 6.45) is 1.84. The number of rotatable bonds is 0. The summed E-state index contributed by atoms with van der Waals surface area (Å²) in [6, 6.07) is 0. The first-order valence-electron chi connectivity index (χ1n) is 3.81. The molecule has 2 aromatic rings. The van der Waals surface area contributed by atoms with E-state index in [1.54, 1.807) is 0 Å². The Morgan fingerprint density at radius 3 is 2.83 bits per heavy atom. The Hall–Kier alpha value is -0.814. The fourth-order valence-electron chi connectivity index (χ4n) is 1.28. The third-order valence-electron chi connectivity index (χ3n) is 1.85. The molecular formula is C7H9GaN4. The summed E-state index contributed by atoms with van der Waals surface area (Å²) in [5.41, 5.74) is 2.90.